The molecule has 2 aromatic rings. The average molecular weight is 341 g/mol. The minimum absolute atomic E-state index is 0.0940. The van der Waals surface area contributed by atoms with Gasteiger partial charge in [-0.25, -0.2) is 13.2 Å². The molecule has 25 heavy (non-hydrogen) atoms. The predicted octanol–water partition coefficient (Wildman–Crippen LogP) is 5.84. The van der Waals surface area contributed by atoms with Gasteiger partial charge in [0.25, 0.3) is 0 Å². The summed E-state index contributed by atoms with van der Waals surface area (Å²) in [6, 6.07) is 11.5. The molecular formula is C21H18F3N. The van der Waals surface area contributed by atoms with Crippen LogP contribution < -0.4 is 0 Å². The second kappa shape index (κ2) is 6.63. The first-order valence-electron chi connectivity index (χ1n) is 8.03. The van der Waals surface area contributed by atoms with Gasteiger partial charge in [0, 0.05) is 12.1 Å². The molecule has 0 aliphatic carbocycles. The van der Waals surface area contributed by atoms with Crippen LogP contribution in [0, 0.1) is 18.6 Å². The third kappa shape index (κ3) is 3.00. The Kier molecular flexibility index (Phi) is 4.53. The van der Waals surface area contributed by atoms with E-state index in [9.17, 15) is 13.2 Å². The summed E-state index contributed by atoms with van der Waals surface area (Å²) in [5.41, 5.74) is 1.80. The van der Waals surface area contributed by atoms with Crippen molar-refractivity contribution >= 4 is 11.3 Å². The smallest absolute Gasteiger partial charge is 0.146 e. The Hall–Kier alpha value is -2.75. The first-order valence-corrected chi connectivity index (χ1v) is 8.03. The van der Waals surface area contributed by atoms with Crippen LogP contribution in [0.15, 0.2) is 66.6 Å². The topological polar surface area (TPSA) is 3.24 Å². The number of hydrogen-bond donors (Lipinski definition) is 0. The van der Waals surface area contributed by atoms with Crippen molar-refractivity contribution in [2.24, 2.45) is 0 Å². The van der Waals surface area contributed by atoms with Crippen molar-refractivity contribution in [3.8, 4) is 0 Å². The monoisotopic (exact) mass is 341 g/mol. The van der Waals surface area contributed by atoms with Gasteiger partial charge < -0.3 is 4.90 Å². The van der Waals surface area contributed by atoms with Crippen LogP contribution >= 0.6 is 0 Å². The van der Waals surface area contributed by atoms with Crippen molar-refractivity contribution in [3.63, 3.8) is 0 Å². The largest absolute Gasteiger partial charge is 0.339 e. The zero-order valence-electron chi connectivity index (χ0n) is 14.1. The molecular weight excluding hydrogens is 323 g/mol. The highest BCUT2D eigenvalue weighted by Gasteiger charge is 2.29. The quantitative estimate of drug-likeness (QED) is 0.677. The number of rotatable bonds is 3. The van der Waals surface area contributed by atoms with Gasteiger partial charge in [-0.2, -0.15) is 0 Å². The van der Waals surface area contributed by atoms with Gasteiger partial charge in [0.1, 0.15) is 17.5 Å². The minimum atomic E-state index is -0.678. The Balaban J connectivity index is 2.38. The lowest BCUT2D eigenvalue weighted by molar-refractivity contribution is 0.469. The van der Waals surface area contributed by atoms with Gasteiger partial charge >= 0.3 is 0 Å². The normalized spacial score (nSPS) is 14.8. The van der Waals surface area contributed by atoms with Crippen molar-refractivity contribution in [2.45, 2.75) is 13.8 Å². The number of hydrogen-bond acceptors (Lipinski definition) is 1. The molecule has 0 fully saturated rings. The van der Waals surface area contributed by atoms with Crippen molar-refractivity contribution in [1.29, 1.82) is 0 Å². The van der Waals surface area contributed by atoms with E-state index in [-0.39, 0.29) is 17.0 Å². The van der Waals surface area contributed by atoms with Crippen LogP contribution in [0.3, 0.4) is 0 Å². The molecule has 1 aliphatic heterocycles. The summed E-state index contributed by atoms with van der Waals surface area (Å²) < 4.78 is 43.8. The van der Waals surface area contributed by atoms with E-state index in [1.54, 1.807) is 38.1 Å². The second-order valence-corrected chi connectivity index (χ2v) is 5.92. The summed E-state index contributed by atoms with van der Waals surface area (Å²) in [6.07, 6.45) is 1.29. The zero-order chi connectivity index (χ0) is 18.1. The van der Waals surface area contributed by atoms with Gasteiger partial charge in [0.2, 0.25) is 0 Å². The predicted molar refractivity (Wildman–Crippen MR) is 95.1 cm³/mol. The van der Waals surface area contributed by atoms with Gasteiger partial charge in [-0.1, -0.05) is 36.9 Å². The molecule has 0 aromatic heterocycles. The van der Waals surface area contributed by atoms with Crippen LogP contribution in [0.5, 0.6) is 0 Å². The molecule has 0 N–H and O–H groups in total. The Morgan fingerprint density at radius 3 is 2.16 bits per heavy atom. The number of halogens is 3. The molecule has 1 nitrogen and oxygen atoms in total. The number of benzene rings is 2. The van der Waals surface area contributed by atoms with Crippen molar-refractivity contribution in [3.05, 3.63) is 95.0 Å². The highest BCUT2D eigenvalue weighted by Crippen LogP contribution is 2.41. The molecule has 4 heteroatoms. The lowest BCUT2D eigenvalue weighted by Crippen LogP contribution is -2.26. The molecule has 1 heterocycles. The average Bonchev–Trinajstić information content (AvgIpc) is 2.58. The third-order valence-electron chi connectivity index (χ3n) is 4.22. The van der Waals surface area contributed by atoms with Gasteiger partial charge in [0.05, 0.1) is 17.0 Å². The SMILES string of the molecule is C=C1C(F)=CC(c2ccccc2)=C(c2c(F)cc(C)cc2F)N1CC. The summed E-state index contributed by atoms with van der Waals surface area (Å²) in [6.45, 7) is 7.48. The van der Waals surface area contributed by atoms with Crippen LogP contribution in [0.2, 0.25) is 0 Å². The molecule has 0 spiro atoms. The first-order chi connectivity index (χ1) is 11.9. The van der Waals surface area contributed by atoms with Crippen LogP contribution in [-0.2, 0) is 0 Å². The highest BCUT2D eigenvalue weighted by atomic mass is 19.1. The molecule has 3 rings (SSSR count). The van der Waals surface area contributed by atoms with E-state index in [0.717, 1.165) is 0 Å². The molecule has 0 atom stereocenters. The summed E-state index contributed by atoms with van der Waals surface area (Å²) in [4.78, 5) is 1.51. The standard InChI is InChI=1S/C21H18F3N/c1-4-25-14(3)17(22)12-16(15-8-6-5-7-9-15)21(25)20-18(23)10-13(2)11-19(20)24/h5-12H,3-4H2,1-2H3. The Labute approximate surface area is 145 Å². The fourth-order valence-corrected chi connectivity index (χ4v) is 3.07. The number of nitrogens with zero attached hydrogens (tertiary/aromatic N) is 1. The number of aryl methyl sites for hydroxylation is 1. The fourth-order valence-electron chi connectivity index (χ4n) is 3.07. The zero-order valence-corrected chi connectivity index (χ0v) is 14.1. The molecule has 0 radical (unpaired) electrons. The molecule has 0 amide bonds. The summed E-state index contributed by atoms with van der Waals surface area (Å²) >= 11 is 0. The van der Waals surface area contributed by atoms with E-state index in [2.05, 4.69) is 6.58 Å². The highest BCUT2D eigenvalue weighted by molar-refractivity contribution is 5.97. The van der Waals surface area contributed by atoms with E-state index >= 15 is 0 Å². The van der Waals surface area contributed by atoms with Gasteiger partial charge in [-0.15, -0.1) is 0 Å². The molecule has 2 aromatic carbocycles. The van der Waals surface area contributed by atoms with Crippen LogP contribution in [-0.4, -0.2) is 11.4 Å². The van der Waals surface area contributed by atoms with Crippen molar-refractivity contribution in [2.75, 3.05) is 6.54 Å². The molecule has 128 valence electrons. The van der Waals surface area contributed by atoms with E-state index in [1.807, 2.05) is 6.07 Å². The number of likely N-dealkylation sites (N-methyl/N-ethyl adjacent to an activating group) is 1. The molecule has 0 saturated carbocycles. The van der Waals surface area contributed by atoms with Gasteiger partial charge in [-0.05, 0) is 43.2 Å². The molecule has 0 bridgehead atoms. The second-order valence-electron chi connectivity index (χ2n) is 5.92. The molecule has 1 aliphatic rings. The van der Waals surface area contributed by atoms with Crippen molar-refractivity contribution < 1.29 is 13.2 Å². The maximum Gasteiger partial charge on any atom is 0.146 e. The Bertz CT molecular complexity index is 872. The number of allylic oxidation sites excluding steroid dienone is 3. The lowest BCUT2D eigenvalue weighted by Gasteiger charge is -2.33. The van der Waals surface area contributed by atoms with Crippen molar-refractivity contribution in [1.82, 2.24) is 4.90 Å². The van der Waals surface area contributed by atoms with E-state index in [1.165, 1.54) is 23.1 Å². The molecule has 0 saturated heterocycles. The molecule has 0 unspecified atom stereocenters. The fraction of sp³-hybridized carbons (Fsp3) is 0.143. The van der Waals surface area contributed by atoms with Crippen LogP contribution in [0.25, 0.3) is 11.3 Å². The van der Waals surface area contributed by atoms with Crippen LogP contribution in [0.1, 0.15) is 23.6 Å². The summed E-state index contributed by atoms with van der Waals surface area (Å²) in [7, 11) is 0. The Morgan fingerprint density at radius 2 is 1.60 bits per heavy atom. The van der Waals surface area contributed by atoms with E-state index < -0.39 is 17.5 Å². The first kappa shape index (κ1) is 17.1. The van der Waals surface area contributed by atoms with Gasteiger partial charge in [-0.3, -0.25) is 0 Å². The maximum atomic E-state index is 14.7. The van der Waals surface area contributed by atoms with E-state index in [4.69, 9.17) is 0 Å². The summed E-state index contributed by atoms with van der Waals surface area (Å²) in [5.74, 6) is -1.87. The maximum absolute atomic E-state index is 14.7. The third-order valence-corrected chi connectivity index (χ3v) is 4.22. The summed E-state index contributed by atoms with van der Waals surface area (Å²) in [5, 5.41) is 0. The van der Waals surface area contributed by atoms with E-state index in [0.29, 0.717) is 23.2 Å². The van der Waals surface area contributed by atoms with Crippen LogP contribution in [0.4, 0.5) is 13.2 Å². The van der Waals surface area contributed by atoms with Gasteiger partial charge in [0.15, 0.2) is 0 Å². The minimum Gasteiger partial charge on any atom is -0.339 e. The Morgan fingerprint density at radius 1 is 1.00 bits per heavy atom. The lowest BCUT2D eigenvalue weighted by atomic mass is 9.93.